The highest BCUT2D eigenvalue weighted by molar-refractivity contribution is 7.88. The van der Waals surface area contributed by atoms with E-state index in [1.807, 2.05) is 4.90 Å². The van der Waals surface area contributed by atoms with Crippen molar-refractivity contribution in [2.75, 3.05) is 26.2 Å². The van der Waals surface area contributed by atoms with Crippen LogP contribution in [0.2, 0.25) is 0 Å². The molecule has 0 amide bonds. The van der Waals surface area contributed by atoms with Gasteiger partial charge in [-0.2, -0.15) is 17.5 Å². The smallest absolute Gasteiger partial charge is 0.296 e. The number of piperazine rings is 1. The highest BCUT2D eigenvalue weighted by atomic mass is 32.2. The van der Waals surface area contributed by atoms with Crippen LogP contribution in [0, 0.1) is 5.82 Å². The van der Waals surface area contributed by atoms with Crippen LogP contribution in [-0.4, -0.2) is 43.8 Å². The molecule has 0 bridgehead atoms. The molecule has 0 spiro atoms. The second-order valence-corrected chi connectivity index (χ2v) is 8.72. The van der Waals surface area contributed by atoms with Crippen molar-refractivity contribution in [1.29, 1.82) is 0 Å². The van der Waals surface area contributed by atoms with Gasteiger partial charge in [-0.3, -0.25) is 4.90 Å². The van der Waals surface area contributed by atoms with Crippen molar-refractivity contribution in [1.82, 2.24) is 9.21 Å². The van der Waals surface area contributed by atoms with Crippen LogP contribution >= 0.6 is 0 Å². The van der Waals surface area contributed by atoms with Gasteiger partial charge in [0.2, 0.25) is 10.0 Å². The number of hydrogen-bond acceptors (Lipinski definition) is 3. The zero-order valence-electron chi connectivity index (χ0n) is 15.0. The average molecular weight is 416 g/mol. The zero-order chi connectivity index (χ0) is 20.4. The van der Waals surface area contributed by atoms with Crippen molar-refractivity contribution in [2.45, 2.75) is 18.5 Å². The maximum atomic E-state index is 13.3. The minimum absolute atomic E-state index is 0.260. The number of nitrogens with zero attached hydrogens (tertiary/aromatic N) is 2. The first-order valence-electron chi connectivity index (χ1n) is 8.74. The fourth-order valence-electron chi connectivity index (χ4n) is 3.15. The van der Waals surface area contributed by atoms with Crippen molar-refractivity contribution >= 4 is 10.0 Å². The number of rotatable bonds is 5. The fraction of sp³-hybridized carbons (Fsp3) is 0.368. The Labute approximate surface area is 161 Å². The van der Waals surface area contributed by atoms with Crippen molar-refractivity contribution in [3.05, 3.63) is 71.0 Å². The summed E-state index contributed by atoms with van der Waals surface area (Å²) in [6.07, 6.45) is -4.36. The third-order valence-corrected chi connectivity index (χ3v) is 6.50. The average Bonchev–Trinajstić information content (AvgIpc) is 2.61. The minimum atomic E-state index is -4.36. The van der Waals surface area contributed by atoms with Gasteiger partial charge < -0.3 is 0 Å². The fourth-order valence-corrected chi connectivity index (χ4v) is 4.65. The van der Waals surface area contributed by atoms with Crippen LogP contribution < -0.4 is 0 Å². The molecule has 0 aromatic heterocycles. The van der Waals surface area contributed by atoms with Crippen molar-refractivity contribution in [3.8, 4) is 0 Å². The Hall–Kier alpha value is -1.97. The van der Waals surface area contributed by atoms with E-state index in [0.717, 1.165) is 17.7 Å². The molecule has 0 N–H and O–H groups in total. The van der Waals surface area contributed by atoms with Crippen LogP contribution in [0.25, 0.3) is 0 Å². The molecule has 0 unspecified atom stereocenters. The van der Waals surface area contributed by atoms with Gasteiger partial charge in [-0.25, -0.2) is 12.8 Å². The highest BCUT2D eigenvalue weighted by Crippen LogP contribution is 2.29. The summed E-state index contributed by atoms with van der Waals surface area (Å²) in [6.45, 7) is 1.99. The van der Waals surface area contributed by atoms with E-state index >= 15 is 0 Å². The summed E-state index contributed by atoms with van der Waals surface area (Å²) in [5.74, 6) is -0.738. The Kier molecular flexibility index (Phi) is 6.07. The maximum absolute atomic E-state index is 13.3. The summed E-state index contributed by atoms with van der Waals surface area (Å²) in [6, 6.07) is 10.5. The van der Waals surface area contributed by atoms with Crippen LogP contribution in [0.1, 0.15) is 16.7 Å². The molecule has 2 aromatic carbocycles. The van der Waals surface area contributed by atoms with E-state index in [-0.39, 0.29) is 18.8 Å². The summed E-state index contributed by atoms with van der Waals surface area (Å²) >= 11 is 0. The summed E-state index contributed by atoms with van der Waals surface area (Å²) < 4.78 is 77.6. The largest absolute Gasteiger partial charge is 0.416 e. The van der Waals surface area contributed by atoms with E-state index in [9.17, 15) is 26.0 Å². The molecule has 1 aliphatic heterocycles. The minimum Gasteiger partial charge on any atom is -0.296 e. The molecule has 2 aromatic rings. The molecule has 3 rings (SSSR count). The Morgan fingerprint density at radius 1 is 0.893 bits per heavy atom. The molecule has 0 atom stereocenters. The molecule has 0 aliphatic carbocycles. The number of sulfonamides is 1. The van der Waals surface area contributed by atoms with Gasteiger partial charge in [-0.05, 0) is 35.4 Å². The number of hydrogen-bond donors (Lipinski definition) is 0. The first kappa shape index (κ1) is 20.8. The van der Waals surface area contributed by atoms with Gasteiger partial charge >= 0.3 is 6.18 Å². The molecule has 28 heavy (non-hydrogen) atoms. The van der Waals surface area contributed by atoms with E-state index in [1.54, 1.807) is 6.07 Å². The second-order valence-electron chi connectivity index (χ2n) is 6.76. The first-order valence-corrected chi connectivity index (χ1v) is 10.4. The summed E-state index contributed by atoms with van der Waals surface area (Å²) in [5, 5.41) is 0. The Morgan fingerprint density at radius 2 is 1.54 bits per heavy atom. The quantitative estimate of drug-likeness (QED) is 0.701. The van der Waals surface area contributed by atoms with Gasteiger partial charge in [-0.1, -0.05) is 24.3 Å². The number of alkyl halides is 3. The predicted octanol–water partition coefficient (Wildman–Crippen LogP) is 3.49. The summed E-state index contributed by atoms with van der Waals surface area (Å²) in [7, 11) is -3.56. The second kappa shape index (κ2) is 8.18. The molecule has 0 radical (unpaired) electrons. The normalized spacial score (nSPS) is 17.0. The van der Waals surface area contributed by atoms with Crippen LogP contribution in [0.4, 0.5) is 17.6 Å². The molecule has 1 aliphatic rings. The Bertz CT molecular complexity index is 906. The molecular weight excluding hydrogens is 396 g/mol. The van der Waals surface area contributed by atoms with Gasteiger partial charge in [0.1, 0.15) is 5.82 Å². The van der Waals surface area contributed by atoms with E-state index in [2.05, 4.69) is 0 Å². The lowest BCUT2D eigenvalue weighted by atomic mass is 10.1. The molecule has 9 heteroatoms. The van der Waals surface area contributed by atoms with E-state index in [4.69, 9.17) is 0 Å². The lowest BCUT2D eigenvalue weighted by molar-refractivity contribution is -0.137. The van der Waals surface area contributed by atoms with E-state index in [1.165, 1.54) is 34.6 Å². The maximum Gasteiger partial charge on any atom is 0.416 e. The molecule has 0 saturated carbocycles. The van der Waals surface area contributed by atoms with Crippen molar-refractivity contribution in [3.63, 3.8) is 0 Å². The van der Waals surface area contributed by atoms with Crippen LogP contribution in [0.5, 0.6) is 0 Å². The number of benzene rings is 2. The standard InChI is InChI=1S/C19H20F4N2O2S/c20-18-3-1-2-16(12-18)14-28(26,27)25-10-8-24(9-11-25)13-15-4-6-17(7-5-15)19(21,22)23/h1-7,12H,8-11,13-14H2. The Morgan fingerprint density at radius 3 is 2.11 bits per heavy atom. The van der Waals surface area contributed by atoms with Crippen molar-refractivity contribution in [2.24, 2.45) is 0 Å². The molecule has 1 saturated heterocycles. The van der Waals surface area contributed by atoms with Gasteiger partial charge in [0.15, 0.2) is 0 Å². The van der Waals surface area contributed by atoms with E-state index < -0.39 is 27.6 Å². The lowest BCUT2D eigenvalue weighted by Gasteiger charge is -2.34. The topological polar surface area (TPSA) is 40.6 Å². The Balaban J connectivity index is 1.55. The summed E-state index contributed by atoms with van der Waals surface area (Å²) in [5.41, 5.74) is 0.445. The van der Waals surface area contributed by atoms with Crippen molar-refractivity contribution < 1.29 is 26.0 Å². The van der Waals surface area contributed by atoms with Crippen LogP contribution in [-0.2, 0) is 28.5 Å². The molecule has 4 nitrogen and oxygen atoms in total. The SMILES string of the molecule is O=S(=O)(Cc1cccc(F)c1)N1CCN(Cc2ccc(C(F)(F)F)cc2)CC1. The number of halogens is 4. The van der Waals surface area contributed by atoms with E-state index in [0.29, 0.717) is 25.2 Å². The third-order valence-electron chi connectivity index (χ3n) is 4.65. The molecular formula is C19H20F4N2O2S. The molecule has 152 valence electrons. The summed E-state index contributed by atoms with van der Waals surface area (Å²) in [4.78, 5) is 2.00. The predicted molar refractivity (Wildman–Crippen MR) is 97.3 cm³/mol. The molecule has 1 fully saturated rings. The van der Waals surface area contributed by atoms with Gasteiger partial charge in [0.25, 0.3) is 0 Å². The first-order chi connectivity index (χ1) is 13.1. The monoisotopic (exact) mass is 416 g/mol. The van der Waals surface area contributed by atoms with Gasteiger partial charge in [0, 0.05) is 32.7 Å². The lowest BCUT2D eigenvalue weighted by Crippen LogP contribution is -2.48. The van der Waals surface area contributed by atoms with Crippen LogP contribution in [0.15, 0.2) is 48.5 Å². The highest BCUT2D eigenvalue weighted by Gasteiger charge is 2.30. The molecule has 1 heterocycles. The third kappa shape index (κ3) is 5.30. The zero-order valence-corrected chi connectivity index (χ0v) is 15.8. The van der Waals surface area contributed by atoms with Gasteiger partial charge in [0.05, 0.1) is 11.3 Å². The van der Waals surface area contributed by atoms with Crippen LogP contribution in [0.3, 0.4) is 0 Å². The van der Waals surface area contributed by atoms with Gasteiger partial charge in [-0.15, -0.1) is 0 Å².